The first-order valence-corrected chi connectivity index (χ1v) is 23.1. The van der Waals surface area contributed by atoms with Gasteiger partial charge in [-0.3, -0.25) is 9.35 Å². The van der Waals surface area contributed by atoms with Crippen molar-refractivity contribution in [3.8, 4) is 0 Å². The highest BCUT2D eigenvalue weighted by Gasteiger charge is 2.48. The molecule has 0 radical (unpaired) electrons. The number of hydrogen-bond donors (Lipinski definition) is 6. The van der Waals surface area contributed by atoms with Crippen LogP contribution in [0.25, 0.3) is 0 Å². The minimum absolute atomic E-state index is 0.264. The van der Waals surface area contributed by atoms with Crippen LogP contribution in [0.4, 0.5) is 0 Å². The molecule has 55 heavy (non-hydrogen) atoms. The first-order valence-electron chi connectivity index (χ1n) is 21.7. The summed E-state index contributed by atoms with van der Waals surface area (Å²) in [6.07, 6.45) is 28.1. The topological polar surface area (TPSA) is 192 Å². The summed E-state index contributed by atoms with van der Waals surface area (Å²) in [5.74, 6) is -0.270. The van der Waals surface area contributed by atoms with E-state index in [2.05, 4.69) is 35.5 Å². The van der Waals surface area contributed by atoms with Gasteiger partial charge in [0.05, 0.1) is 25.4 Å². The molecule has 0 bridgehead atoms. The minimum atomic E-state index is -5.08. The van der Waals surface area contributed by atoms with Crippen LogP contribution in [-0.4, -0.2) is 95.4 Å². The molecule has 0 saturated carbocycles. The molecule has 1 amide bonds. The van der Waals surface area contributed by atoms with E-state index in [1.807, 2.05) is 6.08 Å². The number of carbonyl (C=O) groups is 1. The quantitative estimate of drug-likeness (QED) is 0.0206. The Labute approximate surface area is 333 Å². The summed E-state index contributed by atoms with van der Waals surface area (Å²) >= 11 is 0. The maximum Gasteiger partial charge on any atom is 0.397 e. The largest absolute Gasteiger partial charge is 0.397 e. The van der Waals surface area contributed by atoms with Crippen LogP contribution >= 0.6 is 0 Å². The number of unbranched alkanes of at least 4 members (excludes halogenated alkanes) is 22. The fourth-order valence-electron chi connectivity index (χ4n) is 6.80. The van der Waals surface area contributed by atoms with Crippen LogP contribution in [0.5, 0.6) is 0 Å². The van der Waals surface area contributed by atoms with Gasteiger partial charge in [-0.25, -0.2) is 4.18 Å². The van der Waals surface area contributed by atoms with Gasteiger partial charge in [0.15, 0.2) is 6.29 Å². The summed E-state index contributed by atoms with van der Waals surface area (Å²) in [5.41, 5.74) is 0. The third-order valence-corrected chi connectivity index (χ3v) is 10.7. The summed E-state index contributed by atoms with van der Waals surface area (Å²) < 4.78 is 47.4. The number of ether oxygens (including phenoxy) is 2. The molecule has 324 valence electrons. The molecule has 0 aromatic heterocycles. The fourth-order valence-corrected chi connectivity index (χ4v) is 7.31. The number of hydrogen-bond acceptors (Lipinski definition) is 10. The standard InChI is InChI=1S/C42H79NO11S/c1-3-5-7-9-11-13-14-15-16-17-18-19-20-21-22-24-26-28-30-32-38(46)43-35(36(45)31-29-27-25-23-12-10-8-6-4-2)34-52-42-40(48)41(54-55(49,50)51)39(47)37(33-44)53-42/h17-18,29,31,35-37,39-42,44-45,47-48H,3-16,19-28,30,32-34H2,1-2H3,(H,43,46)(H,49,50,51)/b18-17-,31-29+. The first-order chi connectivity index (χ1) is 26.5. The van der Waals surface area contributed by atoms with E-state index < -0.39 is 59.9 Å². The van der Waals surface area contributed by atoms with E-state index in [-0.39, 0.29) is 18.9 Å². The van der Waals surface area contributed by atoms with E-state index in [4.69, 9.17) is 14.0 Å². The van der Waals surface area contributed by atoms with Gasteiger partial charge in [0, 0.05) is 6.42 Å². The first kappa shape index (κ1) is 51.6. The third-order valence-electron chi connectivity index (χ3n) is 10.2. The Morgan fingerprint density at radius 3 is 1.64 bits per heavy atom. The van der Waals surface area contributed by atoms with E-state index in [0.29, 0.717) is 6.42 Å². The molecule has 13 heteroatoms. The molecule has 0 aromatic rings. The van der Waals surface area contributed by atoms with Gasteiger partial charge >= 0.3 is 10.4 Å². The van der Waals surface area contributed by atoms with Crippen molar-refractivity contribution in [1.82, 2.24) is 5.32 Å². The summed E-state index contributed by atoms with van der Waals surface area (Å²) in [6.45, 7) is 3.33. The number of rotatable bonds is 36. The molecule has 1 fully saturated rings. The number of amides is 1. The predicted octanol–water partition coefficient (Wildman–Crippen LogP) is 7.77. The molecular weight excluding hydrogens is 727 g/mol. The van der Waals surface area contributed by atoms with Gasteiger partial charge in [-0.05, 0) is 44.9 Å². The smallest absolute Gasteiger partial charge is 0.394 e. The molecule has 1 aliphatic heterocycles. The lowest BCUT2D eigenvalue weighted by Crippen LogP contribution is -2.61. The van der Waals surface area contributed by atoms with Gasteiger partial charge in [-0.2, -0.15) is 8.42 Å². The van der Waals surface area contributed by atoms with Crippen molar-refractivity contribution in [1.29, 1.82) is 0 Å². The van der Waals surface area contributed by atoms with Crippen LogP contribution in [0, 0.1) is 0 Å². The highest BCUT2D eigenvalue weighted by Crippen LogP contribution is 2.26. The third kappa shape index (κ3) is 27.0. The average Bonchev–Trinajstić information content (AvgIpc) is 3.15. The van der Waals surface area contributed by atoms with Crippen molar-refractivity contribution in [2.24, 2.45) is 0 Å². The molecule has 6 N–H and O–H groups in total. The summed E-state index contributed by atoms with van der Waals surface area (Å²) in [5, 5.41) is 44.5. The van der Waals surface area contributed by atoms with Gasteiger partial charge in [0.2, 0.25) is 5.91 Å². The molecular formula is C42H79NO11S. The zero-order chi connectivity index (χ0) is 40.6. The van der Waals surface area contributed by atoms with E-state index in [9.17, 15) is 33.6 Å². The number of nitrogens with one attached hydrogen (secondary N) is 1. The highest BCUT2D eigenvalue weighted by molar-refractivity contribution is 7.80. The van der Waals surface area contributed by atoms with Crippen LogP contribution in [0.15, 0.2) is 24.3 Å². The summed E-state index contributed by atoms with van der Waals surface area (Å²) in [7, 11) is -5.08. The molecule has 1 saturated heterocycles. The van der Waals surface area contributed by atoms with Gasteiger partial charge in [-0.1, -0.05) is 154 Å². The van der Waals surface area contributed by atoms with Crippen molar-refractivity contribution < 1.29 is 51.8 Å². The molecule has 0 aliphatic carbocycles. The average molecular weight is 806 g/mol. The molecule has 12 nitrogen and oxygen atoms in total. The Morgan fingerprint density at radius 2 is 1.16 bits per heavy atom. The van der Waals surface area contributed by atoms with Crippen molar-refractivity contribution in [2.75, 3.05) is 13.2 Å². The Kier molecular flexibility index (Phi) is 31.5. The Morgan fingerprint density at radius 1 is 0.709 bits per heavy atom. The summed E-state index contributed by atoms with van der Waals surface area (Å²) in [6, 6.07) is -0.941. The van der Waals surface area contributed by atoms with Crippen molar-refractivity contribution in [2.45, 2.75) is 224 Å². The van der Waals surface area contributed by atoms with E-state index in [0.717, 1.165) is 51.4 Å². The molecule has 7 atom stereocenters. The van der Waals surface area contributed by atoms with Crippen LogP contribution in [0.2, 0.25) is 0 Å². The van der Waals surface area contributed by atoms with Gasteiger partial charge in [0.1, 0.15) is 24.4 Å². The number of aliphatic hydroxyl groups is 4. The van der Waals surface area contributed by atoms with Gasteiger partial charge < -0.3 is 35.2 Å². The van der Waals surface area contributed by atoms with Crippen molar-refractivity contribution >= 4 is 16.3 Å². The van der Waals surface area contributed by atoms with Crippen molar-refractivity contribution in [3.63, 3.8) is 0 Å². The molecule has 1 aliphatic rings. The molecule has 0 spiro atoms. The van der Waals surface area contributed by atoms with E-state index in [1.165, 1.54) is 103 Å². The SMILES string of the molecule is CCCCCCCCC/C=C/C(O)C(COC1OC(CO)C(O)C(OS(=O)(=O)O)C1O)NC(=O)CCCCCCCCC/C=C\CCCCCCCCCC. The Hall–Kier alpha value is -1.42. The van der Waals surface area contributed by atoms with Crippen LogP contribution in [0.3, 0.4) is 0 Å². The van der Waals surface area contributed by atoms with Crippen molar-refractivity contribution in [3.05, 3.63) is 24.3 Å². The Balaban J connectivity index is 2.49. The maximum absolute atomic E-state index is 13.0. The second-order valence-corrected chi connectivity index (χ2v) is 16.3. The van der Waals surface area contributed by atoms with Crippen LogP contribution < -0.4 is 5.32 Å². The van der Waals surface area contributed by atoms with E-state index in [1.54, 1.807) is 6.08 Å². The lowest BCUT2D eigenvalue weighted by atomic mass is 9.99. The second kappa shape index (κ2) is 33.5. The molecule has 0 aromatic carbocycles. The number of aliphatic hydroxyl groups excluding tert-OH is 4. The van der Waals surface area contributed by atoms with E-state index >= 15 is 0 Å². The fraction of sp³-hybridized carbons (Fsp3) is 0.881. The summed E-state index contributed by atoms with van der Waals surface area (Å²) in [4.78, 5) is 13.0. The van der Waals surface area contributed by atoms with Crippen LogP contribution in [0.1, 0.15) is 181 Å². The zero-order valence-corrected chi connectivity index (χ0v) is 35.1. The van der Waals surface area contributed by atoms with Gasteiger partial charge in [-0.15, -0.1) is 0 Å². The highest BCUT2D eigenvalue weighted by atomic mass is 32.3. The zero-order valence-electron chi connectivity index (χ0n) is 34.2. The predicted molar refractivity (Wildman–Crippen MR) is 218 cm³/mol. The molecule has 1 heterocycles. The molecule has 7 unspecified atom stereocenters. The van der Waals surface area contributed by atoms with Gasteiger partial charge in [0.25, 0.3) is 0 Å². The normalized spacial score (nSPS) is 21.8. The minimum Gasteiger partial charge on any atom is -0.394 e. The number of allylic oxidation sites excluding steroid dienone is 3. The number of carbonyl (C=O) groups excluding carboxylic acids is 1. The molecule has 1 rings (SSSR count). The lowest BCUT2D eigenvalue weighted by Gasteiger charge is -2.41. The lowest BCUT2D eigenvalue weighted by molar-refractivity contribution is -0.298. The monoisotopic (exact) mass is 806 g/mol. The maximum atomic E-state index is 13.0. The Bertz CT molecular complexity index is 1090. The second-order valence-electron chi connectivity index (χ2n) is 15.3. The van der Waals surface area contributed by atoms with Crippen LogP contribution in [-0.2, 0) is 28.9 Å².